The molecule has 2 rings (SSSR count). The van der Waals surface area contributed by atoms with Gasteiger partial charge in [0.2, 0.25) is 5.91 Å². The van der Waals surface area contributed by atoms with Crippen LogP contribution in [0.4, 0.5) is 0 Å². The van der Waals surface area contributed by atoms with Crippen molar-refractivity contribution in [2.45, 2.75) is 46.5 Å². The minimum atomic E-state index is -0.208. The molecule has 0 fully saturated rings. The van der Waals surface area contributed by atoms with E-state index in [1.165, 1.54) is 11.1 Å². The number of carbonyl (C=O) groups excluding carboxylic acids is 2. The molecule has 1 aromatic carbocycles. The number of amides is 2. The lowest BCUT2D eigenvalue weighted by Crippen LogP contribution is -2.27. The van der Waals surface area contributed by atoms with Gasteiger partial charge in [-0.05, 0) is 43.6 Å². The number of likely N-dealkylation sites (N-methyl/N-ethyl adjacent to an activating group) is 1. The van der Waals surface area contributed by atoms with Gasteiger partial charge in [-0.1, -0.05) is 49.8 Å². The SMILES string of the molecule is CCC(C)=C(/C=C(\C=C(/C)C(=O)NC)C(=O)NCCc1nccs1)C(C)c1ccccc1. The predicted octanol–water partition coefficient (Wildman–Crippen LogP) is 4.95. The highest BCUT2D eigenvalue weighted by molar-refractivity contribution is 7.09. The monoisotopic (exact) mass is 451 g/mol. The average Bonchev–Trinajstić information content (AvgIpc) is 3.34. The van der Waals surface area contributed by atoms with Crippen LogP contribution in [0.2, 0.25) is 0 Å². The minimum absolute atomic E-state index is 0.114. The number of allylic oxidation sites excluding steroid dienone is 3. The Kier molecular flexibility index (Phi) is 10.1. The van der Waals surface area contributed by atoms with Gasteiger partial charge in [0.15, 0.2) is 0 Å². The smallest absolute Gasteiger partial charge is 0.251 e. The highest BCUT2D eigenvalue weighted by Crippen LogP contribution is 2.29. The van der Waals surface area contributed by atoms with Crippen LogP contribution in [0.5, 0.6) is 0 Å². The van der Waals surface area contributed by atoms with Crippen molar-refractivity contribution in [2.24, 2.45) is 0 Å². The first kappa shape index (κ1) is 25.3. The Bertz CT molecular complexity index is 989. The third kappa shape index (κ3) is 7.31. The van der Waals surface area contributed by atoms with E-state index >= 15 is 0 Å². The second-order valence-corrected chi connectivity index (χ2v) is 8.64. The number of carbonyl (C=O) groups is 2. The van der Waals surface area contributed by atoms with Gasteiger partial charge in [0.05, 0.1) is 5.01 Å². The molecule has 2 aromatic rings. The zero-order valence-corrected chi connectivity index (χ0v) is 20.4. The van der Waals surface area contributed by atoms with E-state index < -0.39 is 0 Å². The Morgan fingerprint density at radius 3 is 2.44 bits per heavy atom. The second-order valence-electron chi connectivity index (χ2n) is 7.66. The molecule has 0 radical (unpaired) electrons. The van der Waals surface area contributed by atoms with Gasteiger partial charge in [0.1, 0.15) is 0 Å². The molecule has 1 aromatic heterocycles. The lowest BCUT2D eigenvalue weighted by Gasteiger charge is -2.18. The molecule has 2 amide bonds. The van der Waals surface area contributed by atoms with Crippen molar-refractivity contribution in [1.29, 1.82) is 0 Å². The van der Waals surface area contributed by atoms with E-state index in [0.717, 1.165) is 17.0 Å². The second kappa shape index (κ2) is 12.8. The minimum Gasteiger partial charge on any atom is -0.355 e. The Balaban J connectivity index is 2.39. The summed E-state index contributed by atoms with van der Waals surface area (Å²) in [5.41, 5.74) is 4.43. The summed E-state index contributed by atoms with van der Waals surface area (Å²) in [7, 11) is 1.58. The number of thiazole rings is 1. The van der Waals surface area contributed by atoms with Gasteiger partial charge in [-0.15, -0.1) is 11.3 Å². The number of hydrogen-bond donors (Lipinski definition) is 2. The van der Waals surface area contributed by atoms with E-state index in [0.29, 0.717) is 24.1 Å². The summed E-state index contributed by atoms with van der Waals surface area (Å²) in [6, 6.07) is 10.2. The Morgan fingerprint density at radius 1 is 1.12 bits per heavy atom. The lowest BCUT2D eigenvalue weighted by molar-refractivity contribution is -0.117. The van der Waals surface area contributed by atoms with E-state index in [4.69, 9.17) is 0 Å². The standard InChI is InChI=1S/C26H33N3O2S/c1-6-18(2)23(20(4)21-10-8-7-9-11-21)17-22(16-19(3)25(30)27-5)26(31)29-13-12-24-28-14-15-32-24/h7-11,14-17,20H,6,12-13H2,1-5H3,(H,27,30)(H,29,31)/b19-16+,22-17+,23-18?. The fourth-order valence-corrected chi connectivity index (χ4v) is 3.96. The van der Waals surface area contributed by atoms with Crippen LogP contribution >= 0.6 is 11.3 Å². The average molecular weight is 452 g/mol. The van der Waals surface area contributed by atoms with Crippen LogP contribution in [0.25, 0.3) is 0 Å². The molecule has 32 heavy (non-hydrogen) atoms. The summed E-state index contributed by atoms with van der Waals surface area (Å²) < 4.78 is 0. The molecule has 0 aliphatic heterocycles. The molecule has 0 aliphatic rings. The molecule has 170 valence electrons. The highest BCUT2D eigenvalue weighted by atomic mass is 32.1. The normalized spacial score (nSPS) is 13.9. The van der Waals surface area contributed by atoms with Crippen molar-refractivity contribution in [2.75, 3.05) is 13.6 Å². The molecule has 0 spiro atoms. The molecule has 6 heteroatoms. The molecule has 1 unspecified atom stereocenters. The Hall–Kier alpha value is -2.99. The summed E-state index contributed by atoms with van der Waals surface area (Å²) in [6.07, 6.45) is 6.91. The molecule has 1 heterocycles. The van der Waals surface area contributed by atoms with Crippen molar-refractivity contribution in [3.05, 3.63) is 86.9 Å². The van der Waals surface area contributed by atoms with Crippen LogP contribution in [0.15, 0.2) is 76.4 Å². The van der Waals surface area contributed by atoms with Crippen LogP contribution in [0.1, 0.15) is 50.6 Å². The summed E-state index contributed by atoms with van der Waals surface area (Å²) in [5, 5.41) is 8.51. The first-order valence-electron chi connectivity index (χ1n) is 10.9. The van der Waals surface area contributed by atoms with Crippen LogP contribution in [-0.4, -0.2) is 30.4 Å². The van der Waals surface area contributed by atoms with Crippen LogP contribution in [-0.2, 0) is 16.0 Å². The molecule has 0 saturated carbocycles. The molecule has 2 N–H and O–H groups in total. The zero-order chi connectivity index (χ0) is 23.5. The van der Waals surface area contributed by atoms with Crippen LogP contribution in [0.3, 0.4) is 0 Å². The van der Waals surface area contributed by atoms with Crippen molar-refractivity contribution < 1.29 is 9.59 Å². The first-order valence-corrected chi connectivity index (χ1v) is 11.8. The van der Waals surface area contributed by atoms with Gasteiger partial charge in [-0.2, -0.15) is 0 Å². The van der Waals surface area contributed by atoms with Gasteiger partial charge in [0.25, 0.3) is 5.91 Å². The molecular weight excluding hydrogens is 418 g/mol. The van der Waals surface area contributed by atoms with Gasteiger partial charge in [0, 0.05) is 48.7 Å². The number of benzene rings is 1. The summed E-state index contributed by atoms with van der Waals surface area (Å²) >= 11 is 1.57. The number of nitrogens with zero attached hydrogens (tertiary/aromatic N) is 1. The third-order valence-electron chi connectivity index (χ3n) is 5.43. The summed E-state index contributed by atoms with van der Waals surface area (Å²) in [5.74, 6) is -0.296. The topological polar surface area (TPSA) is 71.1 Å². The van der Waals surface area contributed by atoms with Crippen LogP contribution in [0, 0.1) is 0 Å². The quantitative estimate of drug-likeness (QED) is 0.397. The lowest BCUT2D eigenvalue weighted by atomic mass is 9.87. The molecule has 5 nitrogen and oxygen atoms in total. The summed E-state index contributed by atoms with van der Waals surface area (Å²) in [6.45, 7) is 8.55. The zero-order valence-electron chi connectivity index (χ0n) is 19.6. The fourth-order valence-electron chi connectivity index (χ4n) is 3.34. The largest absolute Gasteiger partial charge is 0.355 e. The van der Waals surface area contributed by atoms with Gasteiger partial charge in [-0.3, -0.25) is 9.59 Å². The maximum Gasteiger partial charge on any atom is 0.251 e. The number of aromatic nitrogens is 1. The fraction of sp³-hybridized carbons (Fsp3) is 0.346. The van der Waals surface area contributed by atoms with Crippen molar-refractivity contribution in [1.82, 2.24) is 15.6 Å². The van der Waals surface area contributed by atoms with E-state index in [-0.39, 0.29) is 17.7 Å². The Morgan fingerprint density at radius 2 is 1.84 bits per heavy atom. The molecule has 0 saturated heterocycles. The molecule has 1 atom stereocenters. The number of rotatable bonds is 10. The molecule has 0 aliphatic carbocycles. The molecular formula is C26H33N3O2S. The Labute approximate surface area is 195 Å². The predicted molar refractivity (Wildman–Crippen MR) is 133 cm³/mol. The molecule has 0 bridgehead atoms. The van der Waals surface area contributed by atoms with Gasteiger partial charge in [-0.25, -0.2) is 4.98 Å². The summed E-state index contributed by atoms with van der Waals surface area (Å²) in [4.78, 5) is 29.5. The van der Waals surface area contributed by atoms with Crippen molar-refractivity contribution >= 4 is 23.2 Å². The van der Waals surface area contributed by atoms with E-state index in [1.54, 1.807) is 37.6 Å². The number of nitrogens with one attached hydrogen (secondary N) is 2. The highest BCUT2D eigenvalue weighted by Gasteiger charge is 2.16. The first-order chi connectivity index (χ1) is 15.4. The number of hydrogen-bond acceptors (Lipinski definition) is 4. The van der Waals surface area contributed by atoms with E-state index in [9.17, 15) is 9.59 Å². The van der Waals surface area contributed by atoms with Gasteiger partial charge < -0.3 is 10.6 Å². The van der Waals surface area contributed by atoms with Crippen molar-refractivity contribution in [3.8, 4) is 0 Å². The van der Waals surface area contributed by atoms with Crippen molar-refractivity contribution in [3.63, 3.8) is 0 Å². The van der Waals surface area contributed by atoms with E-state index in [1.807, 2.05) is 29.7 Å². The maximum atomic E-state index is 13.1. The van der Waals surface area contributed by atoms with E-state index in [2.05, 4.69) is 48.5 Å². The maximum absolute atomic E-state index is 13.1. The third-order valence-corrected chi connectivity index (χ3v) is 6.27. The van der Waals surface area contributed by atoms with Crippen LogP contribution < -0.4 is 10.6 Å². The van der Waals surface area contributed by atoms with Gasteiger partial charge >= 0.3 is 0 Å².